The lowest BCUT2D eigenvalue weighted by Crippen LogP contribution is -2.28. The first-order chi connectivity index (χ1) is 14.9. The number of carbonyl (C=O) groups is 1. The Labute approximate surface area is 182 Å². The molecule has 1 aliphatic heterocycles. The number of pyridine rings is 1. The van der Waals surface area contributed by atoms with Crippen LogP contribution in [-0.4, -0.2) is 42.6 Å². The zero-order valence-corrected chi connectivity index (χ0v) is 18.6. The lowest BCUT2D eigenvalue weighted by Gasteiger charge is -2.34. The third kappa shape index (κ3) is 4.99. The van der Waals surface area contributed by atoms with Gasteiger partial charge in [0.05, 0.1) is 18.9 Å². The molecule has 7 nitrogen and oxygen atoms in total. The van der Waals surface area contributed by atoms with Gasteiger partial charge in [0.2, 0.25) is 0 Å². The van der Waals surface area contributed by atoms with Gasteiger partial charge in [-0.1, -0.05) is 13.8 Å². The van der Waals surface area contributed by atoms with Gasteiger partial charge in [0.1, 0.15) is 11.3 Å². The number of benzene rings is 1. The molecule has 1 atom stereocenters. The monoisotopic (exact) mass is 429 g/mol. The molecule has 0 bridgehead atoms. The molecule has 2 aromatic rings. The van der Waals surface area contributed by atoms with Crippen LogP contribution in [0.15, 0.2) is 29.2 Å². The van der Waals surface area contributed by atoms with Gasteiger partial charge in [0.15, 0.2) is 5.43 Å². The van der Waals surface area contributed by atoms with E-state index in [1.165, 1.54) is 12.3 Å². The quantitative estimate of drug-likeness (QED) is 0.576. The maximum atomic E-state index is 12.5. The fourth-order valence-corrected chi connectivity index (χ4v) is 4.00. The van der Waals surface area contributed by atoms with E-state index in [4.69, 9.17) is 14.2 Å². The van der Waals surface area contributed by atoms with Gasteiger partial charge in [-0.15, -0.1) is 0 Å². The molecule has 0 amide bonds. The van der Waals surface area contributed by atoms with Crippen LogP contribution in [0.4, 0.5) is 0 Å². The van der Waals surface area contributed by atoms with Crippen LogP contribution < -0.4 is 10.2 Å². The Morgan fingerprint density at radius 3 is 2.68 bits per heavy atom. The molecule has 2 heterocycles. The van der Waals surface area contributed by atoms with Gasteiger partial charge in [-0.3, -0.25) is 4.79 Å². The zero-order valence-electron chi connectivity index (χ0n) is 18.6. The number of methoxy groups -OCH3 is 1. The third-order valence-electron chi connectivity index (χ3n) is 5.64. The van der Waals surface area contributed by atoms with E-state index in [0.29, 0.717) is 26.4 Å². The van der Waals surface area contributed by atoms with Crippen molar-refractivity contribution in [3.05, 3.63) is 51.3 Å². The van der Waals surface area contributed by atoms with Gasteiger partial charge in [-0.2, -0.15) is 0 Å². The number of rotatable bonds is 10. The van der Waals surface area contributed by atoms with E-state index in [1.807, 2.05) is 23.6 Å². The Morgan fingerprint density at radius 1 is 1.26 bits per heavy atom. The number of fused-ring (bicyclic) bond motifs is 3. The number of carboxylic acids is 1. The van der Waals surface area contributed by atoms with Crippen LogP contribution in [0.25, 0.3) is 11.3 Å². The van der Waals surface area contributed by atoms with E-state index >= 15 is 0 Å². The highest BCUT2D eigenvalue weighted by atomic mass is 16.5. The predicted molar refractivity (Wildman–Crippen MR) is 118 cm³/mol. The molecule has 0 saturated heterocycles. The van der Waals surface area contributed by atoms with E-state index in [9.17, 15) is 14.7 Å². The first-order valence-electron chi connectivity index (χ1n) is 10.7. The first kappa shape index (κ1) is 23.0. The van der Waals surface area contributed by atoms with Gasteiger partial charge < -0.3 is 23.9 Å². The number of carboxylic acid groups (broad SMARTS) is 1. The summed E-state index contributed by atoms with van der Waals surface area (Å²) in [5, 5.41) is 9.43. The lowest BCUT2D eigenvalue weighted by molar-refractivity contribution is 0.0694. The average Bonchev–Trinajstić information content (AvgIpc) is 2.73. The average molecular weight is 430 g/mol. The smallest absolute Gasteiger partial charge is 0.341 e. The van der Waals surface area contributed by atoms with Gasteiger partial charge in [-0.05, 0) is 37.0 Å². The van der Waals surface area contributed by atoms with Gasteiger partial charge in [0, 0.05) is 56.2 Å². The van der Waals surface area contributed by atoms with Crippen molar-refractivity contribution in [2.75, 3.05) is 26.9 Å². The number of hydrogen-bond donors (Lipinski definition) is 1. The lowest BCUT2D eigenvalue weighted by atomic mass is 9.86. The maximum Gasteiger partial charge on any atom is 0.341 e. The Balaban J connectivity index is 2.11. The summed E-state index contributed by atoms with van der Waals surface area (Å²) < 4.78 is 18.8. The third-order valence-corrected chi connectivity index (χ3v) is 5.64. The van der Waals surface area contributed by atoms with Crippen molar-refractivity contribution in [2.24, 2.45) is 5.92 Å². The topological polar surface area (TPSA) is 87.0 Å². The second-order valence-electron chi connectivity index (χ2n) is 8.11. The molecule has 1 aliphatic rings. The molecule has 0 aliphatic carbocycles. The molecule has 1 aromatic heterocycles. The Kier molecular flexibility index (Phi) is 7.51. The van der Waals surface area contributed by atoms with Crippen molar-refractivity contribution in [3.8, 4) is 17.0 Å². The predicted octanol–water partition coefficient (Wildman–Crippen LogP) is 3.92. The highest BCUT2D eigenvalue weighted by Crippen LogP contribution is 2.40. The molecule has 0 unspecified atom stereocenters. The summed E-state index contributed by atoms with van der Waals surface area (Å²) in [5.41, 5.74) is 2.96. The molecule has 1 aromatic carbocycles. The maximum absolute atomic E-state index is 12.5. The van der Waals surface area contributed by atoms with Crippen LogP contribution in [0.2, 0.25) is 0 Å². The molecule has 7 heteroatoms. The van der Waals surface area contributed by atoms with Crippen molar-refractivity contribution in [3.63, 3.8) is 0 Å². The second kappa shape index (κ2) is 10.1. The summed E-state index contributed by atoms with van der Waals surface area (Å²) in [6.07, 6.45) is 3.00. The number of hydrogen-bond acceptors (Lipinski definition) is 5. The Morgan fingerprint density at radius 2 is 2.03 bits per heavy atom. The molecule has 0 saturated carbocycles. The molecular weight excluding hydrogens is 398 g/mol. The van der Waals surface area contributed by atoms with Crippen molar-refractivity contribution in [1.82, 2.24) is 4.57 Å². The fourth-order valence-electron chi connectivity index (χ4n) is 4.00. The summed E-state index contributed by atoms with van der Waals surface area (Å²) in [5.74, 6) is -0.167. The number of ether oxygens (including phenoxy) is 3. The molecule has 168 valence electrons. The number of aromatic carboxylic acids is 1. The zero-order chi connectivity index (χ0) is 22.5. The van der Waals surface area contributed by atoms with Crippen LogP contribution in [-0.2, 0) is 22.5 Å². The van der Waals surface area contributed by atoms with E-state index in [2.05, 4.69) is 13.8 Å². The SMILES string of the molecule is CCOCc1cc2c(cc1OCCCOC)C[C@@H](C(C)C)n1cc(C(=O)O)c(=O)cc1-2. The highest BCUT2D eigenvalue weighted by molar-refractivity contribution is 5.87. The normalized spacial score (nSPS) is 14.9. The molecule has 1 N–H and O–H groups in total. The second-order valence-corrected chi connectivity index (χ2v) is 8.11. The minimum absolute atomic E-state index is 0.0419. The molecule has 0 radical (unpaired) electrons. The van der Waals surface area contributed by atoms with Crippen LogP contribution in [0.3, 0.4) is 0 Å². The van der Waals surface area contributed by atoms with E-state index < -0.39 is 11.4 Å². The van der Waals surface area contributed by atoms with Crippen molar-refractivity contribution >= 4 is 5.97 Å². The van der Waals surface area contributed by atoms with Crippen LogP contribution in [0.1, 0.15) is 54.7 Å². The van der Waals surface area contributed by atoms with Crippen molar-refractivity contribution < 1.29 is 24.1 Å². The molecular formula is C24H31NO6. The Hall–Kier alpha value is -2.64. The van der Waals surface area contributed by atoms with Crippen molar-refractivity contribution in [2.45, 2.75) is 46.3 Å². The largest absolute Gasteiger partial charge is 0.493 e. The summed E-state index contributed by atoms with van der Waals surface area (Å²) in [6.45, 7) is 8.28. The van der Waals surface area contributed by atoms with Crippen LogP contribution >= 0.6 is 0 Å². The summed E-state index contributed by atoms with van der Waals surface area (Å²) in [4.78, 5) is 24.0. The Bertz CT molecular complexity index is 994. The molecule has 0 spiro atoms. The molecule has 0 fully saturated rings. The van der Waals surface area contributed by atoms with Crippen LogP contribution in [0, 0.1) is 5.92 Å². The minimum atomic E-state index is -1.20. The summed E-state index contributed by atoms with van der Waals surface area (Å²) >= 11 is 0. The molecule has 3 rings (SSSR count). The van der Waals surface area contributed by atoms with E-state index in [-0.39, 0.29) is 17.5 Å². The summed E-state index contributed by atoms with van der Waals surface area (Å²) in [6, 6.07) is 5.55. The van der Waals surface area contributed by atoms with Crippen molar-refractivity contribution in [1.29, 1.82) is 0 Å². The summed E-state index contributed by atoms with van der Waals surface area (Å²) in [7, 11) is 1.67. The molecule has 31 heavy (non-hydrogen) atoms. The number of nitrogens with zero attached hydrogens (tertiary/aromatic N) is 1. The fraction of sp³-hybridized carbons (Fsp3) is 0.500. The van der Waals surface area contributed by atoms with Crippen LogP contribution in [0.5, 0.6) is 5.75 Å². The minimum Gasteiger partial charge on any atom is -0.493 e. The highest BCUT2D eigenvalue weighted by Gasteiger charge is 2.29. The standard InChI is InChI=1S/C24H31NO6/c1-5-30-14-17-9-18-16(11-23(17)31-8-6-7-29-4)10-20(15(2)3)25-13-19(24(27)28)22(26)12-21(18)25/h9,11-13,15,20H,5-8,10,14H2,1-4H3,(H,27,28)/t20-/m0/s1. The first-order valence-corrected chi connectivity index (χ1v) is 10.7. The van der Waals surface area contributed by atoms with Gasteiger partial charge >= 0.3 is 5.97 Å². The van der Waals surface area contributed by atoms with E-state index in [1.54, 1.807) is 7.11 Å². The van der Waals surface area contributed by atoms with Gasteiger partial charge in [-0.25, -0.2) is 4.79 Å². The van der Waals surface area contributed by atoms with E-state index in [0.717, 1.165) is 41.0 Å². The van der Waals surface area contributed by atoms with Gasteiger partial charge in [0.25, 0.3) is 0 Å². The number of aromatic nitrogens is 1.